The standard InChI is InChI=1S/C23H39N5O2/c1-4-15-30-21-16-18(2)7-8-20(21)17-27-23(25-3)26-11-5-6-12-28-13-9-19(10-14-28)22(24)29/h7-8,16,19H,4-6,9-15,17H2,1-3H3,(H2,24,29)(H2,25,26,27). The van der Waals surface area contributed by atoms with Crippen molar-refractivity contribution < 1.29 is 9.53 Å². The van der Waals surface area contributed by atoms with E-state index in [0.717, 1.165) is 82.2 Å². The van der Waals surface area contributed by atoms with Crippen LogP contribution in [0.4, 0.5) is 0 Å². The van der Waals surface area contributed by atoms with E-state index in [4.69, 9.17) is 10.5 Å². The minimum atomic E-state index is -0.146. The molecule has 0 bridgehead atoms. The molecule has 7 nitrogen and oxygen atoms in total. The van der Waals surface area contributed by atoms with E-state index in [1.165, 1.54) is 5.56 Å². The number of piperidine rings is 1. The maximum absolute atomic E-state index is 11.2. The Labute approximate surface area is 181 Å². The second-order valence-corrected chi connectivity index (χ2v) is 8.04. The van der Waals surface area contributed by atoms with Crippen molar-refractivity contribution in [3.8, 4) is 5.75 Å². The number of hydrogen-bond donors (Lipinski definition) is 3. The van der Waals surface area contributed by atoms with Gasteiger partial charge in [-0.2, -0.15) is 0 Å². The highest BCUT2D eigenvalue weighted by molar-refractivity contribution is 5.79. The molecule has 4 N–H and O–H groups in total. The molecule has 1 aliphatic rings. The fourth-order valence-electron chi connectivity index (χ4n) is 3.66. The summed E-state index contributed by atoms with van der Waals surface area (Å²) in [6, 6.07) is 6.31. The molecule has 1 fully saturated rings. The van der Waals surface area contributed by atoms with Crippen molar-refractivity contribution in [3.05, 3.63) is 29.3 Å². The summed E-state index contributed by atoms with van der Waals surface area (Å²) >= 11 is 0. The Morgan fingerprint density at radius 2 is 2.03 bits per heavy atom. The van der Waals surface area contributed by atoms with Crippen LogP contribution in [-0.2, 0) is 11.3 Å². The Morgan fingerprint density at radius 3 is 2.70 bits per heavy atom. The van der Waals surface area contributed by atoms with Crippen LogP contribution in [0.15, 0.2) is 23.2 Å². The summed E-state index contributed by atoms with van der Waals surface area (Å²) in [5, 5.41) is 6.77. The van der Waals surface area contributed by atoms with E-state index >= 15 is 0 Å². The molecule has 0 saturated carbocycles. The molecular formula is C23H39N5O2. The SMILES string of the molecule is CCCOc1cc(C)ccc1CNC(=NC)NCCCCN1CCC(C(N)=O)CC1. The third-order valence-corrected chi connectivity index (χ3v) is 5.54. The third kappa shape index (κ3) is 8.22. The number of nitrogens with zero attached hydrogens (tertiary/aromatic N) is 2. The monoisotopic (exact) mass is 417 g/mol. The lowest BCUT2D eigenvalue weighted by Crippen LogP contribution is -2.39. The van der Waals surface area contributed by atoms with Gasteiger partial charge in [0.15, 0.2) is 5.96 Å². The summed E-state index contributed by atoms with van der Waals surface area (Å²) in [5.74, 6) is 1.67. The molecule has 0 spiro atoms. The summed E-state index contributed by atoms with van der Waals surface area (Å²) in [7, 11) is 1.79. The zero-order valence-electron chi connectivity index (χ0n) is 18.9. The van der Waals surface area contributed by atoms with Gasteiger partial charge in [0.25, 0.3) is 0 Å². The minimum absolute atomic E-state index is 0.0683. The van der Waals surface area contributed by atoms with Crippen LogP contribution in [-0.4, -0.2) is 56.6 Å². The molecule has 0 unspecified atom stereocenters. The van der Waals surface area contributed by atoms with Gasteiger partial charge in [-0.3, -0.25) is 9.79 Å². The molecule has 2 rings (SSSR count). The Balaban J connectivity index is 1.65. The number of guanidine groups is 1. The average Bonchev–Trinajstić information content (AvgIpc) is 2.75. The predicted octanol–water partition coefficient (Wildman–Crippen LogP) is 2.43. The Bertz CT molecular complexity index is 684. The van der Waals surface area contributed by atoms with Crippen LogP contribution >= 0.6 is 0 Å². The Hall–Kier alpha value is -2.28. The largest absolute Gasteiger partial charge is 0.493 e. The number of ether oxygens (including phenoxy) is 1. The first kappa shape index (κ1) is 24.0. The third-order valence-electron chi connectivity index (χ3n) is 5.54. The zero-order valence-corrected chi connectivity index (χ0v) is 18.9. The molecule has 0 aliphatic carbocycles. The summed E-state index contributed by atoms with van der Waals surface area (Å²) in [4.78, 5) is 18.0. The minimum Gasteiger partial charge on any atom is -0.493 e. The van der Waals surface area contributed by atoms with Crippen molar-refractivity contribution in [2.24, 2.45) is 16.6 Å². The highest BCUT2D eigenvalue weighted by Gasteiger charge is 2.22. The van der Waals surface area contributed by atoms with E-state index < -0.39 is 0 Å². The molecule has 0 atom stereocenters. The number of likely N-dealkylation sites (tertiary alicyclic amines) is 1. The van der Waals surface area contributed by atoms with Crippen molar-refractivity contribution in [2.45, 2.75) is 52.5 Å². The lowest BCUT2D eigenvalue weighted by Gasteiger charge is -2.30. The maximum atomic E-state index is 11.2. The van der Waals surface area contributed by atoms with Gasteiger partial charge in [-0.25, -0.2) is 0 Å². The van der Waals surface area contributed by atoms with Crippen LogP contribution in [0.25, 0.3) is 0 Å². The van der Waals surface area contributed by atoms with Gasteiger partial charge in [0.05, 0.1) is 6.61 Å². The van der Waals surface area contributed by atoms with Crippen molar-refractivity contribution in [3.63, 3.8) is 0 Å². The summed E-state index contributed by atoms with van der Waals surface area (Å²) in [5.41, 5.74) is 7.74. The molecule has 1 saturated heterocycles. The van der Waals surface area contributed by atoms with Crippen LogP contribution in [0.1, 0.15) is 50.2 Å². The lowest BCUT2D eigenvalue weighted by molar-refractivity contribution is -0.123. The van der Waals surface area contributed by atoms with Gasteiger partial charge < -0.3 is 26.0 Å². The van der Waals surface area contributed by atoms with Crippen molar-refractivity contribution in [1.29, 1.82) is 0 Å². The topological polar surface area (TPSA) is 92.0 Å². The smallest absolute Gasteiger partial charge is 0.220 e. The maximum Gasteiger partial charge on any atom is 0.220 e. The number of hydrogen-bond acceptors (Lipinski definition) is 4. The van der Waals surface area contributed by atoms with Crippen LogP contribution in [0.2, 0.25) is 0 Å². The van der Waals surface area contributed by atoms with Crippen molar-refractivity contribution >= 4 is 11.9 Å². The fraction of sp³-hybridized carbons (Fsp3) is 0.652. The zero-order chi connectivity index (χ0) is 21.8. The molecular weight excluding hydrogens is 378 g/mol. The number of amides is 1. The van der Waals surface area contributed by atoms with Gasteiger partial charge in [0.1, 0.15) is 5.75 Å². The number of nitrogens with two attached hydrogens (primary N) is 1. The Morgan fingerprint density at radius 1 is 1.27 bits per heavy atom. The van der Waals surface area contributed by atoms with Gasteiger partial charge in [-0.15, -0.1) is 0 Å². The van der Waals surface area contributed by atoms with Gasteiger partial charge in [0.2, 0.25) is 5.91 Å². The number of carbonyl (C=O) groups is 1. The second kappa shape index (κ2) is 13.1. The summed E-state index contributed by atoms with van der Waals surface area (Å²) in [6.45, 7) is 9.49. The molecule has 0 aromatic heterocycles. The summed E-state index contributed by atoms with van der Waals surface area (Å²) in [6.07, 6.45) is 4.98. The number of aliphatic imine (C=N–C) groups is 1. The quantitative estimate of drug-likeness (QED) is 0.292. The molecule has 1 aromatic carbocycles. The van der Waals surface area contributed by atoms with Gasteiger partial charge in [-0.1, -0.05) is 19.1 Å². The number of benzene rings is 1. The molecule has 1 aliphatic heterocycles. The lowest BCUT2D eigenvalue weighted by atomic mass is 9.96. The first-order valence-corrected chi connectivity index (χ1v) is 11.2. The van der Waals surface area contributed by atoms with E-state index in [2.05, 4.69) is 52.6 Å². The highest BCUT2D eigenvalue weighted by Crippen LogP contribution is 2.20. The van der Waals surface area contributed by atoms with E-state index in [1.54, 1.807) is 7.05 Å². The summed E-state index contributed by atoms with van der Waals surface area (Å²) < 4.78 is 5.89. The van der Waals surface area contributed by atoms with Gasteiger partial charge >= 0.3 is 0 Å². The van der Waals surface area contributed by atoms with Crippen molar-refractivity contribution in [1.82, 2.24) is 15.5 Å². The highest BCUT2D eigenvalue weighted by atomic mass is 16.5. The molecule has 0 radical (unpaired) electrons. The number of aryl methyl sites for hydroxylation is 1. The van der Waals surface area contributed by atoms with Crippen molar-refractivity contribution in [2.75, 3.05) is 39.8 Å². The normalized spacial score (nSPS) is 15.8. The van der Waals surface area contributed by atoms with E-state index in [9.17, 15) is 4.79 Å². The predicted molar refractivity (Wildman–Crippen MR) is 123 cm³/mol. The van der Waals surface area contributed by atoms with Crippen LogP contribution in [0.5, 0.6) is 5.75 Å². The van der Waals surface area contributed by atoms with Gasteiger partial charge in [-0.05, 0) is 70.3 Å². The molecule has 1 amide bonds. The van der Waals surface area contributed by atoms with E-state index in [0.29, 0.717) is 6.54 Å². The average molecular weight is 418 g/mol. The number of unbranched alkanes of at least 4 members (excludes halogenated alkanes) is 1. The fourth-order valence-corrected chi connectivity index (χ4v) is 3.66. The van der Waals surface area contributed by atoms with Crippen LogP contribution in [0.3, 0.4) is 0 Å². The first-order valence-electron chi connectivity index (χ1n) is 11.2. The number of nitrogens with one attached hydrogen (secondary N) is 2. The second-order valence-electron chi connectivity index (χ2n) is 8.04. The number of primary amides is 1. The molecule has 30 heavy (non-hydrogen) atoms. The first-order chi connectivity index (χ1) is 14.5. The molecule has 7 heteroatoms. The molecule has 168 valence electrons. The Kier molecular flexibility index (Phi) is 10.5. The number of carbonyl (C=O) groups excluding carboxylic acids is 1. The molecule has 1 heterocycles. The van der Waals surface area contributed by atoms with Gasteiger partial charge in [0, 0.05) is 31.6 Å². The van der Waals surface area contributed by atoms with Crippen LogP contribution < -0.4 is 21.1 Å². The van der Waals surface area contributed by atoms with E-state index in [-0.39, 0.29) is 11.8 Å². The van der Waals surface area contributed by atoms with Crippen LogP contribution in [0, 0.1) is 12.8 Å². The molecule has 1 aromatic rings. The number of rotatable bonds is 11. The van der Waals surface area contributed by atoms with E-state index in [1.807, 2.05) is 0 Å².